The Morgan fingerprint density at radius 2 is 1.12 bits per heavy atom. The number of carbonyl (C=O) groups is 4. The number of carboxylic acids is 1. The van der Waals surface area contributed by atoms with Gasteiger partial charge in [-0.25, -0.2) is 45.3 Å². The highest BCUT2D eigenvalue weighted by Crippen LogP contribution is 2.42. The number of aliphatic hydroxyl groups excluding tert-OH is 9. The number of amides is 2. The molecule has 5 fully saturated rings. The second-order valence-corrected chi connectivity index (χ2v) is 25.1. The molecule has 30 nitrogen and oxygen atoms in total. The Kier molecular flexibility index (Phi) is 24.2. The summed E-state index contributed by atoms with van der Waals surface area (Å²) in [6, 6.07) is 7.12. The van der Waals surface area contributed by atoms with Gasteiger partial charge in [0.15, 0.2) is 66.0 Å². The number of nitrogens with one attached hydrogen (secondary N) is 2. The Morgan fingerprint density at radius 1 is 0.596 bits per heavy atom. The van der Waals surface area contributed by atoms with E-state index in [1.165, 1.54) is 31.2 Å². The van der Waals surface area contributed by atoms with E-state index < -0.39 is 218 Å². The normalized spacial score (nSPS) is 33.7. The molecule has 5 aromatic rings. The Labute approximate surface area is 559 Å². The number of rotatable bonds is 24. The molecule has 0 spiro atoms. The molecule has 15 unspecified atom stereocenters. The van der Waals surface area contributed by atoms with Crippen molar-refractivity contribution in [3.05, 3.63) is 107 Å². The Bertz CT molecular complexity index is 3560. The van der Waals surface area contributed by atoms with Crippen LogP contribution >= 0.6 is 0 Å². The van der Waals surface area contributed by atoms with Gasteiger partial charge in [0.1, 0.15) is 78.5 Å². The summed E-state index contributed by atoms with van der Waals surface area (Å²) < 4.78 is 136. The molecule has 2 saturated carbocycles. The van der Waals surface area contributed by atoms with Gasteiger partial charge in [-0.15, -0.1) is 10.2 Å². The molecule has 3 aromatic carbocycles. The lowest BCUT2D eigenvalue weighted by atomic mass is 9.77. The van der Waals surface area contributed by atoms with E-state index in [1.54, 1.807) is 19.9 Å². The van der Waals surface area contributed by atoms with E-state index in [-0.39, 0.29) is 73.3 Å². The second kappa shape index (κ2) is 32.2. The molecular weight excluding hydrogens is 1330 g/mol. The molecule has 0 bridgehead atoms. The molecule has 10 rings (SSSR count). The first-order chi connectivity index (χ1) is 47.2. The summed E-state index contributed by atoms with van der Waals surface area (Å²) in [4.78, 5) is 55.2. The molecule has 3 aliphatic heterocycles. The number of aromatic nitrogens is 6. The minimum atomic E-state index is -1.98. The average molecular weight is 1410 g/mol. The highest BCUT2D eigenvalue weighted by Gasteiger charge is 2.55. The van der Waals surface area contributed by atoms with Crippen molar-refractivity contribution in [2.75, 3.05) is 26.3 Å². The van der Waals surface area contributed by atoms with E-state index in [1.807, 2.05) is 0 Å². The van der Waals surface area contributed by atoms with Crippen molar-refractivity contribution in [1.29, 1.82) is 0 Å². The molecule has 2 aliphatic carbocycles. The van der Waals surface area contributed by atoms with E-state index in [4.69, 9.17) is 37.9 Å². The maximum Gasteiger partial charge on any atom is 0.338 e. The molecule has 3 saturated heterocycles. The SMILES string of the molecule is CCC[C@H](OC1C(OC(=O)c2ccccc2)[C@H](O[C@H]2CC(C(=O)NCCNC(=O)C3CC(n4cc(-c5cc(F)c(F)c(F)c5)nn4)C(O)[C@H](O[C@@H]4OC(CO)[C@H](O)C(n5cc(-c6cc(F)c(F)c(F)c6)nn5)C4O)C3)CC(C)C2O[C@@H]2OC(C)[C@@H](O)C(O)C2O)OC(CO)[C@@H]1O)C(=O)O. The Morgan fingerprint density at radius 3 is 1.70 bits per heavy atom. The summed E-state index contributed by atoms with van der Waals surface area (Å²) in [5.41, 5.74) is -1.02. The van der Waals surface area contributed by atoms with Crippen molar-refractivity contribution in [2.45, 2.75) is 188 Å². The van der Waals surface area contributed by atoms with Gasteiger partial charge in [0.25, 0.3) is 0 Å². The maximum absolute atomic E-state index is 14.4. The van der Waals surface area contributed by atoms with Gasteiger partial charge in [0, 0.05) is 36.1 Å². The van der Waals surface area contributed by atoms with Crippen molar-refractivity contribution in [1.82, 2.24) is 40.6 Å². The maximum atomic E-state index is 14.4. The van der Waals surface area contributed by atoms with Gasteiger partial charge in [0.2, 0.25) is 11.8 Å². The van der Waals surface area contributed by atoms with Gasteiger partial charge in [-0.3, -0.25) is 9.59 Å². The Hall–Kier alpha value is -7.24. The number of nitrogens with zero attached hydrogens (tertiary/aromatic N) is 6. The summed E-state index contributed by atoms with van der Waals surface area (Å²) in [5, 5.41) is 132. The predicted molar refractivity (Wildman–Crippen MR) is 319 cm³/mol. The number of carboxylic acid groups (broad SMARTS) is 1. The zero-order valence-corrected chi connectivity index (χ0v) is 53.1. The number of aliphatic carboxylic acids is 1. The lowest BCUT2D eigenvalue weighted by Gasteiger charge is -2.48. The molecule has 99 heavy (non-hydrogen) atoms. The lowest BCUT2D eigenvalue weighted by Crippen LogP contribution is -2.64. The van der Waals surface area contributed by atoms with Crippen molar-refractivity contribution >= 4 is 23.8 Å². The van der Waals surface area contributed by atoms with Crippen LogP contribution in [-0.4, -0.2) is 248 Å². The van der Waals surface area contributed by atoms with Crippen LogP contribution in [0.5, 0.6) is 0 Å². The third-order valence-corrected chi connectivity index (χ3v) is 18.4. The number of aliphatic hydroxyl groups is 9. The molecule has 24 atom stereocenters. The number of ether oxygens (including phenoxy) is 8. The minimum Gasteiger partial charge on any atom is -0.479 e. The zero-order chi connectivity index (χ0) is 71.4. The summed E-state index contributed by atoms with van der Waals surface area (Å²) in [6.07, 6.45) is -29.8. The first kappa shape index (κ1) is 74.5. The predicted octanol–water partition coefficient (Wildman–Crippen LogP) is 0.234. The molecule has 542 valence electrons. The van der Waals surface area contributed by atoms with Gasteiger partial charge in [0.05, 0.1) is 61.6 Å². The first-order valence-electron chi connectivity index (χ1n) is 31.9. The summed E-state index contributed by atoms with van der Waals surface area (Å²) in [5.74, 6) is -16.5. The van der Waals surface area contributed by atoms with E-state index in [9.17, 15) is 96.6 Å². The average Bonchev–Trinajstić information content (AvgIpc) is 1.73. The second-order valence-electron chi connectivity index (χ2n) is 25.1. The van der Waals surface area contributed by atoms with Crippen molar-refractivity contribution in [3.63, 3.8) is 0 Å². The fraction of sp³-hybridized carbons (Fsp3) is 0.587. The lowest BCUT2D eigenvalue weighted by molar-refractivity contribution is -0.349. The van der Waals surface area contributed by atoms with Crippen LogP contribution in [0.15, 0.2) is 67.0 Å². The number of hydrogen-bond acceptors (Lipinski definition) is 25. The molecule has 5 aliphatic rings. The summed E-state index contributed by atoms with van der Waals surface area (Å²) in [7, 11) is 0. The van der Waals surface area contributed by atoms with Crippen LogP contribution in [0.25, 0.3) is 22.5 Å². The highest BCUT2D eigenvalue weighted by molar-refractivity contribution is 5.89. The molecule has 0 radical (unpaired) electrons. The smallest absolute Gasteiger partial charge is 0.338 e. The van der Waals surface area contributed by atoms with Crippen LogP contribution in [0.4, 0.5) is 26.3 Å². The van der Waals surface area contributed by atoms with Gasteiger partial charge in [-0.2, -0.15) is 0 Å². The van der Waals surface area contributed by atoms with Crippen LogP contribution < -0.4 is 10.6 Å². The molecule has 5 heterocycles. The number of benzene rings is 3. The van der Waals surface area contributed by atoms with Gasteiger partial charge in [-0.1, -0.05) is 48.9 Å². The van der Waals surface area contributed by atoms with Crippen LogP contribution in [-0.2, 0) is 52.3 Å². The molecule has 2 amide bonds. The Balaban J connectivity index is 0.871. The number of esters is 1. The van der Waals surface area contributed by atoms with Crippen LogP contribution in [0.1, 0.15) is 81.7 Å². The van der Waals surface area contributed by atoms with Crippen molar-refractivity contribution in [2.24, 2.45) is 17.8 Å². The fourth-order valence-corrected chi connectivity index (χ4v) is 13.0. The summed E-state index contributed by atoms with van der Waals surface area (Å²) in [6.45, 7) is 2.38. The van der Waals surface area contributed by atoms with Crippen LogP contribution in [0.2, 0.25) is 0 Å². The standard InChI is InChI=1S/C63H76F6N8O22/c1-4-8-39(59(89)90)93-55-50(83)43(24-79)97-63(56(55)98-60(91)27-9-6-5-7-10-27)95-41-20-30(13-25(2)54(41)99-62-53(86)52(85)47(80)26(3)92-62)57(87)70-11-12-71-58(88)31-18-38(76-21-36(72-74-76)28-14-32(64)44(68)33(65)15-28)48(81)40(19-31)94-61-51(84)46(49(82)42(23-78)96-61)77-22-37(73-75-77)29-16-34(66)45(69)35(67)17-29/h5-7,9-10,14-17,21-22,25-26,30-31,38-43,46-56,61-63,78-86H,4,8,11-13,18-20,23-24H2,1-3H3,(H,70,87)(H,71,88)(H,89,90)/t25?,26?,30?,31?,38?,39-,40+,41-,42?,43?,46?,47+,48?,49-,50-,51?,52?,53?,54?,55?,56?,61+,62-,63+/m0/s1. The van der Waals surface area contributed by atoms with E-state index >= 15 is 0 Å². The largest absolute Gasteiger partial charge is 0.479 e. The van der Waals surface area contributed by atoms with Gasteiger partial charge in [-0.05, 0) is 81.3 Å². The molecule has 2 aromatic heterocycles. The number of hydrogen-bond donors (Lipinski definition) is 12. The van der Waals surface area contributed by atoms with Crippen LogP contribution in [0.3, 0.4) is 0 Å². The highest BCUT2D eigenvalue weighted by atomic mass is 19.2. The van der Waals surface area contributed by atoms with Crippen LogP contribution in [0, 0.1) is 52.7 Å². The number of carbonyl (C=O) groups excluding carboxylic acids is 3. The third kappa shape index (κ3) is 16.4. The minimum absolute atomic E-state index is 0.00901. The molecule has 12 N–H and O–H groups in total. The quantitative estimate of drug-likeness (QED) is 0.0170. The zero-order valence-electron chi connectivity index (χ0n) is 53.1. The topological polar surface area (TPSA) is 430 Å². The van der Waals surface area contributed by atoms with Gasteiger partial charge >= 0.3 is 11.9 Å². The van der Waals surface area contributed by atoms with E-state index in [2.05, 4.69) is 31.3 Å². The summed E-state index contributed by atoms with van der Waals surface area (Å²) >= 11 is 0. The van der Waals surface area contributed by atoms with E-state index in [0.717, 1.165) is 21.8 Å². The van der Waals surface area contributed by atoms with E-state index in [0.29, 0.717) is 30.7 Å². The van der Waals surface area contributed by atoms with Crippen molar-refractivity contribution < 1.29 is 134 Å². The molecule has 36 heteroatoms. The van der Waals surface area contributed by atoms with Crippen molar-refractivity contribution in [3.8, 4) is 22.5 Å². The monoisotopic (exact) mass is 1410 g/mol. The first-order valence-corrected chi connectivity index (χ1v) is 31.9. The van der Waals surface area contributed by atoms with Gasteiger partial charge < -0.3 is 99.6 Å². The number of halogens is 6. The third-order valence-electron chi connectivity index (χ3n) is 18.4. The fourth-order valence-electron chi connectivity index (χ4n) is 13.0. The molecular formula is C63H76F6N8O22.